The number of hydrogen-bond donors (Lipinski definition) is 1. The zero-order valence-corrected chi connectivity index (χ0v) is 18.3. The number of alkyl halides is 3. The van der Waals surface area contributed by atoms with E-state index in [2.05, 4.69) is 10.3 Å². The second-order valence-electron chi connectivity index (χ2n) is 6.77. The highest BCUT2D eigenvalue weighted by molar-refractivity contribution is 7.14. The molecule has 2 heterocycles. The van der Waals surface area contributed by atoms with Crippen molar-refractivity contribution >= 4 is 62.9 Å². The van der Waals surface area contributed by atoms with Gasteiger partial charge in [0.1, 0.15) is 5.92 Å². The predicted molar refractivity (Wildman–Crippen MR) is 117 cm³/mol. The third-order valence-corrected chi connectivity index (χ3v) is 5.83. The van der Waals surface area contributed by atoms with Gasteiger partial charge in [-0.2, -0.15) is 13.2 Å². The van der Waals surface area contributed by atoms with Crippen LogP contribution in [0.2, 0.25) is 10.0 Å². The van der Waals surface area contributed by atoms with Gasteiger partial charge < -0.3 is 5.32 Å². The lowest BCUT2D eigenvalue weighted by Gasteiger charge is -2.29. The van der Waals surface area contributed by atoms with Gasteiger partial charge in [-0.05, 0) is 36.4 Å². The summed E-state index contributed by atoms with van der Waals surface area (Å²) in [6.45, 7) is -0.0605. The molecule has 6 nitrogen and oxygen atoms in total. The van der Waals surface area contributed by atoms with Crippen LogP contribution in [0.3, 0.4) is 0 Å². The Bertz CT molecular complexity index is 1190. The van der Waals surface area contributed by atoms with Gasteiger partial charge in [-0.15, -0.1) is 11.3 Å². The van der Waals surface area contributed by atoms with E-state index in [1.807, 2.05) is 0 Å². The van der Waals surface area contributed by atoms with Crippen LogP contribution in [-0.2, 0) is 15.8 Å². The van der Waals surface area contributed by atoms with E-state index in [1.54, 1.807) is 53.5 Å². The number of carbonyl (C=O) groups is 2. The molecular formula is C20H13Cl2F3N4O2S. The molecule has 3 aromatic rings. The second kappa shape index (κ2) is 8.61. The lowest BCUT2D eigenvalue weighted by molar-refractivity contribution is -0.140. The topological polar surface area (TPSA) is 65.5 Å². The van der Waals surface area contributed by atoms with Gasteiger partial charge in [0.2, 0.25) is 5.91 Å². The SMILES string of the molecule is O=C(Nc1nc(C(F)(F)F)cs1)C1CN(c2cccc(Cl)c2)N(c2cccc(Cl)c2)C1=O. The summed E-state index contributed by atoms with van der Waals surface area (Å²) in [5.74, 6) is -2.54. The maximum absolute atomic E-state index is 13.2. The predicted octanol–water partition coefficient (Wildman–Crippen LogP) is 5.49. The molecule has 1 fully saturated rings. The van der Waals surface area contributed by atoms with Crippen molar-refractivity contribution < 1.29 is 22.8 Å². The Hall–Kier alpha value is -2.82. The minimum Gasteiger partial charge on any atom is -0.301 e. The molecule has 1 aromatic heterocycles. The molecule has 1 aliphatic rings. The molecule has 1 N–H and O–H groups in total. The molecular weight excluding hydrogens is 488 g/mol. The van der Waals surface area contributed by atoms with Crippen molar-refractivity contribution in [2.75, 3.05) is 21.9 Å². The molecule has 1 saturated heterocycles. The van der Waals surface area contributed by atoms with Gasteiger partial charge in [-0.1, -0.05) is 35.3 Å². The summed E-state index contributed by atoms with van der Waals surface area (Å²) in [4.78, 5) is 29.4. The summed E-state index contributed by atoms with van der Waals surface area (Å²) in [5, 5.41) is 6.54. The summed E-state index contributed by atoms with van der Waals surface area (Å²) < 4.78 is 38.4. The number of halogens is 5. The zero-order valence-electron chi connectivity index (χ0n) is 15.9. The Morgan fingerprint density at radius 3 is 2.31 bits per heavy atom. The van der Waals surface area contributed by atoms with Crippen molar-refractivity contribution in [3.63, 3.8) is 0 Å². The molecule has 0 aliphatic carbocycles. The number of carbonyl (C=O) groups excluding carboxylic acids is 2. The van der Waals surface area contributed by atoms with Crippen LogP contribution in [0, 0.1) is 5.92 Å². The average Bonchev–Trinajstić information content (AvgIpc) is 3.32. The first-order chi connectivity index (χ1) is 15.1. The molecule has 1 unspecified atom stereocenters. The fourth-order valence-electron chi connectivity index (χ4n) is 3.18. The van der Waals surface area contributed by atoms with Gasteiger partial charge in [0.15, 0.2) is 10.8 Å². The minimum absolute atomic E-state index is 0.0605. The maximum Gasteiger partial charge on any atom is 0.434 e. The first-order valence-electron chi connectivity index (χ1n) is 9.09. The van der Waals surface area contributed by atoms with Crippen LogP contribution in [0.4, 0.5) is 29.7 Å². The van der Waals surface area contributed by atoms with Crippen LogP contribution in [-0.4, -0.2) is 23.3 Å². The molecule has 0 spiro atoms. The number of thiazole rings is 1. The molecule has 0 radical (unpaired) electrons. The number of amides is 2. The van der Waals surface area contributed by atoms with Gasteiger partial charge >= 0.3 is 6.18 Å². The van der Waals surface area contributed by atoms with Crippen LogP contribution in [0.15, 0.2) is 53.9 Å². The first-order valence-corrected chi connectivity index (χ1v) is 10.7. The maximum atomic E-state index is 13.2. The van der Waals surface area contributed by atoms with E-state index in [0.717, 1.165) is 5.38 Å². The fraction of sp³-hybridized carbons (Fsp3) is 0.150. The number of nitrogens with zero attached hydrogens (tertiary/aromatic N) is 3. The summed E-state index contributed by atoms with van der Waals surface area (Å²) in [6, 6.07) is 13.2. The Kier molecular flexibility index (Phi) is 6.02. The van der Waals surface area contributed by atoms with Crippen molar-refractivity contribution in [3.05, 3.63) is 69.7 Å². The normalized spacial score (nSPS) is 16.5. The highest BCUT2D eigenvalue weighted by Crippen LogP contribution is 2.35. The van der Waals surface area contributed by atoms with Gasteiger partial charge in [0, 0.05) is 15.4 Å². The number of rotatable bonds is 4. The number of hydrazine groups is 1. The van der Waals surface area contributed by atoms with Crippen LogP contribution < -0.4 is 15.3 Å². The average molecular weight is 501 g/mol. The molecule has 32 heavy (non-hydrogen) atoms. The smallest absolute Gasteiger partial charge is 0.301 e. The third-order valence-electron chi connectivity index (χ3n) is 4.60. The van der Waals surface area contributed by atoms with Gasteiger partial charge in [-0.3, -0.25) is 14.6 Å². The standard InChI is InChI=1S/C20H13Cl2F3N4O2S/c21-11-3-1-5-13(7-11)28-9-15(18(31)29(28)14-6-2-4-12(22)8-14)17(30)27-19-26-16(10-32-19)20(23,24)25/h1-8,10,15H,9H2,(H,26,27,30). The Balaban J connectivity index is 1.64. The lowest BCUT2D eigenvalue weighted by atomic mass is 10.1. The third kappa shape index (κ3) is 4.52. The Morgan fingerprint density at radius 1 is 1.09 bits per heavy atom. The van der Waals surface area contributed by atoms with Gasteiger partial charge in [0.05, 0.1) is 17.9 Å². The summed E-state index contributed by atoms with van der Waals surface area (Å²) in [6.07, 6.45) is -4.63. The molecule has 0 saturated carbocycles. The largest absolute Gasteiger partial charge is 0.434 e. The highest BCUT2D eigenvalue weighted by Gasteiger charge is 2.44. The van der Waals surface area contributed by atoms with Crippen molar-refractivity contribution in [3.8, 4) is 0 Å². The van der Waals surface area contributed by atoms with E-state index in [-0.39, 0.29) is 11.7 Å². The number of anilines is 3. The molecule has 2 amide bonds. The fourth-order valence-corrected chi connectivity index (χ4v) is 4.27. The minimum atomic E-state index is -4.63. The lowest BCUT2D eigenvalue weighted by Crippen LogP contribution is -2.39. The molecule has 1 atom stereocenters. The van der Waals surface area contributed by atoms with Crippen LogP contribution >= 0.6 is 34.5 Å². The van der Waals surface area contributed by atoms with Crippen molar-refractivity contribution in [1.29, 1.82) is 0 Å². The number of aromatic nitrogens is 1. The molecule has 2 aromatic carbocycles. The van der Waals surface area contributed by atoms with Crippen LogP contribution in [0.5, 0.6) is 0 Å². The highest BCUT2D eigenvalue weighted by atomic mass is 35.5. The van der Waals surface area contributed by atoms with Crippen molar-refractivity contribution in [2.24, 2.45) is 5.92 Å². The number of hydrogen-bond acceptors (Lipinski definition) is 5. The van der Waals surface area contributed by atoms with Crippen molar-refractivity contribution in [1.82, 2.24) is 4.98 Å². The van der Waals surface area contributed by atoms with E-state index in [4.69, 9.17) is 23.2 Å². The van der Waals surface area contributed by atoms with E-state index in [0.29, 0.717) is 32.8 Å². The van der Waals surface area contributed by atoms with Crippen molar-refractivity contribution in [2.45, 2.75) is 6.18 Å². The Labute approximate surface area is 194 Å². The summed E-state index contributed by atoms with van der Waals surface area (Å²) in [5.41, 5.74) is -0.141. The monoisotopic (exact) mass is 500 g/mol. The van der Waals surface area contributed by atoms with E-state index in [9.17, 15) is 22.8 Å². The van der Waals surface area contributed by atoms with Gasteiger partial charge in [0.25, 0.3) is 5.91 Å². The summed E-state index contributed by atoms with van der Waals surface area (Å²) >= 11 is 12.8. The molecule has 12 heteroatoms. The molecule has 0 bridgehead atoms. The van der Waals surface area contributed by atoms with E-state index < -0.39 is 29.6 Å². The quantitative estimate of drug-likeness (QED) is 0.481. The molecule has 1 aliphatic heterocycles. The van der Waals surface area contributed by atoms with Crippen LogP contribution in [0.1, 0.15) is 5.69 Å². The zero-order chi connectivity index (χ0) is 23.0. The molecule has 4 rings (SSSR count). The van der Waals surface area contributed by atoms with E-state index in [1.165, 1.54) is 5.01 Å². The number of benzene rings is 2. The molecule has 166 valence electrons. The summed E-state index contributed by atoms with van der Waals surface area (Å²) in [7, 11) is 0. The van der Waals surface area contributed by atoms with Crippen LogP contribution in [0.25, 0.3) is 0 Å². The second-order valence-corrected chi connectivity index (χ2v) is 8.50. The van der Waals surface area contributed by atoms with E-state index >= 15 is 0 Å². The Morgan fingerprint density at radius 2 is 1.72 bits per heavy atom. The number of nitrogens with one attached hydrogen (secondary N) is 1. The first kappa shape index (κ1) is 22.4. The van der Waals surface area contributed by atoms with Gasteiger partial charge in [-0.25, -0.2) is 9.99 Å².